The molecule has 0 radical (unpaired) electrons. The lowest BCUT2D eigenvalue weighted by atomic mass is 10.3. The van der Waals surface area contributed by atoms with E-state index in [2.05, 4.69) is 19.4 Å². The summed E-state index contributed by atoms with van der Waals surface area (Å²) in [6.07, 6.45) is 0. The average molecular weight is 255 g/mol. The Kier molecular flexibility index (Phi) is 2.72. The molecule has 0 aliphatic heterocycles. The van der Waals surface area contributed by atoms with E-state index in [1.165, 1.54) is 24.3 Å². The van der Waals surface area contributed by atoms with Gasteiger partial charge in [-0.3, -0.25) is 0 Å². The number of nitrogens with zero attached hydrogens (tertiary/aromatic N) is 2. The van der Waals surface area contributed by atoms with Gasteiger partial charge in [-0.15, -0.1) is 0 Å². The minimum absolute atomic E-state index is 0.245. The minimum atomic E-state index is -3.93. The fourth-order valence-corrected chi connectivity index (χ4v) is 2.22. The summed E-state index contributed by atoms with van der Waals surface area (Å²) in [6.45, 7) is 1.56. The molecule has 1 aromatic heterocycles. The van der Waals surface area contributed by atoms with Crippen LogP contribution in [-0.2, 0) is 10.0 Å². The highest BCUT2D eigenvalue weighted by molar-refractivity contribution is 7.92. The number of phenolic OH excluding ortho intramolecular Hbond substituents is 1. The van der Waals surface area contributed by atoms with Crippen LogP contribution in [0.25, 0.3) is 0 Å². The summed E-state index contributed by atoms with van der Waals surface area (Å²) in [6, 6.07) is 5.30. The second-order valence-corrected chi connectivity index (χ2v) is 4.87. The Balaban J connectivity index is 2.35. The van der Waals surface area contributed by atoms with E-state index in [9.17, 15) is 13.5 Å². The lowest BCUT2D eigenvalue weighted by Crippen LogP contribution is -2.13. The quantitative estimate of drug-likeness (QED) is 0.843. The number of para-hydroxylation sites is 1. The van der Waals surface area contributed by atoms with Crippen molar-refractivity contribution in [2.45, 2.75) is 11.8 Å². The third-order valence-corrected chi connectivity index (χ3v) is 3.27. The number of rotatable bonds is 3. The summed E-state index contributed by atoms with van der Waals surface area (Å²) < 4.78 is 30.4. The van der Waals surface area contributed by atoms with Crippen molar-refractivity contribution in [2.75, 3.05) is 4.72 Å². The Bertz CT molecular complexity index is 635. The Morgan fingerprint density at radius 3 is 2.65 bits per heavy atom. The van der Waals surface area contributed by atoms with Crippen molar-refractivity contribution in [2.24, 2.45) is 0 Å². The second-order valence-electron chi connectivity index (χ2n) is 3.22. The zero-order valence-corrected chi connectivity index (χ0v) is 9.60. The van der Waals surface area contributed by atoms with Crippen molar-refractivity contribution in [3.05, 3.63) is 30.1 Å². The van der Waals surface area contributed by atoms with E-state index in [1.807, 2.05) is 0 Å². The Morgan fingerprint density at radius 1 is 1.35 bits per heavy atom. The van der Waals surface area contributed by atoms with Gasteiger partial charge in [0.05, 0.1) is 0 Å². The highest BCUT2D eigenvalue weighted by Gasteiger charge is 2.20. The number of phenols is 1. The highest BCUT2D eigenvalue weighted by atomic mass is 32.2. The SMILES string of the molecule is Cc1noc(NS(=O)(=O)c2ccccc2O)n1. The van der Waals surface area contributed by atoms with Crippen molar-refractivity contribution in [1.82, 2.24) is 10.1 Å². The maximum Gasteiger partial charge on any atom is 0.335 e. The molecule has 7 nitrogen and oxygen atoms in total. The van der Waals surface area contributed by atoms with E-state index in [-0.39, 0.29) is 16.7 Å². The molecule has 2 N–H and O–H groups in total. The zero-order valence-electron chi connectivity index (χ0n) is 8.78. The van der Waals surface area contributed by atoms with Crippen molar-refractivity contribution in [1.29, 1.82) is 0 Å². The monoisotopic (exact) mass is 255 g/mol. The van der Waals surface area contributed by atoms with Crippen LogP contribution in [0.2, 0.25) is 0 Å². The molecule has 1 heterocycles. The van der Waals surface area contributed by atoms with Crippen LogP contribution < -0.4 is 4.72 Å². The Labute approximate surface area is 97.1 Å². The molecule has 2 rings (SSSR count). The molecule has 0 aliphatic carbocycles. The largest absolute Gasteiger partial charge is 0.507 e. The molecule has 1 aromatic carbocycles. The van der Waals surface area contributed by atoms with Gasteiger partial charge in [0.15, 0.2) is 5.82 Å². The van der Waals surface area contributed by atoms with Gasteiger partial charge in [-0.1, -0.05) is 17.3 Å². The number of hydrogen-bond acceptors (Lipinski definition) is 6. The van der Waals surface area contributed by atoms with Crippen LogP contribution in [0.4, 0.5) is 6.01 Å². The first kappa shape index (κ1) is 11.4. The first-order valence-corrected chi connectivity index (χ1v) is 6.08. The smallest absolute Gasteiger partial charge is 0.335 e. The van der Waals surface area contributed by atoms with Gasteiger partial charge in [-0.25, -0.2) is 13.1 Å². The zero-order chi connectivity index (χ0) is 12.5. The van der Waals surface area contributed by atoms with Crippen molar-refractivity contribution in [3.63, 3.8) is 0 Å². The van der Waals surface area contributed by atoms with E-state index >= 15 is 0 Å². The van der Waals surface area contributed by atoms with Crippen molar-refractivity contribution in [3.8, 4) is 5.75 Å². The van der Waals surface area contributed by atoms with Gasteiger partial charge in [0.2, 0.25) is 0 Å². The van der Waals surface area contributed by atoms with Crippen LogP contribution in [0.1, 0.15) is 5.82 Å². The van der Waals surface area contributed by atoms with E-state index in [1.54, 1.807) is 6.92 Å². The van der Waals surface area contributed by atoms with Gasteiger partial charge in [0.25, 0.3) is 10.0 Å². The number of anilines is 1. The summed E-state index contributed by atoms with van der Waals surface area (Å²) in [5, 5.41) is 12.9. The number of nitrogens with one attached hydrogen (secondary N) is 1. The summed E-state index contributed by atoms with van der Waals surface area (Å²) in [5.41, 5.74) is 0. The predicted molar refractivity (Wildman–Crippen MR) is 58.0 cm³/mol. The summed E-state index contributed by atoms with van der Waals surface area (Å²) in [5.74, 6) is -0.0452. The molecular weight excluding hydrogens is 246 g/mol. The molecule has 0 aliphatic rings. The molecule has 0 fully saturated rings. The number of aromatic nitrogens is 2. The standard InChI is InChI=1S/C9H9N3O4S/c1-6-10-9(16-11-6)12-17(14,15)8-5-3-2-4-7(8)13/h2-5,13H,1H3,(H,10,11,12). The van der Waals surface area contributed by atoms with E-state index in [0.717, 1.165) is 0 Å². The number of sulfonamides is 1. The van der Waals surface area contributed by atoms with Crippen LogP contribution in [0.5, 0.6) is 5.75 Å². The molecule has 0 atom stereocenters. The van der Waals surface area contributed by atoms with Crippen LogP contribution in [0, 0.1) is 6.92 Å². The van der Waals surface area contributed by atoms with Gasteiger partial charge in [-0.05, 0) is 19.1 Å². The predicted octanol–water partition coefficient (Wildman–Crippen LogP) is 0.884. The molecule has 0 spiro atoms. The van der Waals surface area contributed by atoms with Gasteiger partial charge in [-0.2, -0.15) is 4.98 Å². The lowest BCUT2D eigenvalue weighted by molar-refractivity contribution is 0.428. The average Bonchev–Trinajstić information content (AvgIpc) is 2.63. The molecular formula is C9H9N3O4S. The molecule has 0 unspecified atom stereocenters. The minimum Gasteiger partial charge on any atom is -0.507 e. The third-order valence-electron chi connectivity index (χ3n) is 1.90. The highest BCUT2D eigenvalue weighted by Crippen LogP contribution is 2.23. The molecule has 90 valence electrons. The molecule has 17 heavy (non-hydrogen) atoms. The van der Waals surface area contributed by atoms with Gasteiger partial charge < -0.3 is 9.63 Å². The molecule has 2 aromatic rings. The van der Waals surface area contributed by atoms with Crippen molar-refractivity contribution >= 4 is 16.0 Å². The van der Waals surface area contributed by atoms with Gasteiger partial charge in [0.1, 0.15) is 10.6 Å². The van der Waals surface area contributed by atoms with E-state index < -0.39 is 10.0 Å². The molecule has 0 amide bonds. The van der Waals surface area contributed by atoms with Crippen LogP contribution >= 0.6 is 0 Å². The fourth-order valence-electron chi connectivity index (χ4n) is 1.19. The fraction of sp³-hybridized carbons (Fsp3) is 0.111. The van der Waals surface area contributed by atoms with Crippen LogP contribution in [-0.4, -0.2) is 23.7 Å². The number of benzene rings is 1. The number of hydrogen-bond donors (Lipinski definition) is 2. The second kappa shape index (κ2) is 4.06. The Morgan fingerprint density at radius 2 is 2.06 bits per heavy atom. The summed E-state index contributed by atoms with van der Waals surface area (Å²) in [7, 11) is -3.93. The molecule has 0 saturated heterocycles. The van der Waals surface area contributed by atoms with Gasteiger partial charge in [0, 0.05) is 0 Å². The van der Waals surface area contributed by atoms with E-state index in [4.69, 9.17) is 0 Å². The normalized spacial score (nSPS) is 11.4. The molecule has 0 saturated carbocycles. The summed E-state index contributed by atoms with van der Waals surface area (Å²) >= 11 is 0. The Hall–Kier alpha value is -2.09. The number of aryl methyl sites for hydroxylation is 1. The molecule has 8 heteroatoms. The van der Waals surface area contributed by atoms with Crippen LogP contribution in [0.3, 0.4) is 0 Å². The van der Waals surface area contributed by atoms with Crippen LogP contribution in [0.15, 0.2) is 33.7 Å². The third kappa shape index (κ3) is 2.36. The van der Waals surface area contributed by atoms with E-state index in [0.29, 0.717) is 5.82 Å². The molecule has 0 bridgehead atoms. The maximum atomic E-state index is 11.8. The first-order valence-electron chi connectivity index (χ1n) is 4.60. The topological polar surface area (TPSA) is 105 Å². The first-order chi connectivity index (χ1) is 7.99. The van der Waals surface area contributed by atoms with Crippen molar-refractivity contribution < 1.29 is 18.0 Å². The summed E-state index contributed by atoms with van der Waals surface area (Å²) in [4.78, 5) is 3.45. The van der Waals surface area contributed by atoms with Gasteiger partial charge >= 0.3 is 6.01 Å². The lowest BCUT2D eigenvalue weighted by Gasteiger charge is -2.05. The number of aromatic hydroxyl groups is 1. The maximum absolute atomic E-state index is 11.8.